The van der Waals surface area contributed by atoms with E-state index in [1.54, 1.807) is 0 Å². The van der Waals surface area contributed by atoms with E-state index in [1.807, 2.05) is 0 Å². The zero-order valence-corrected chi connectivity index (χ0v) is 35.5. The topological polar surface area (TPSA) is 26.4 Å². The number of hydrogen-bond acceptors (Lipinski definition) is 2. The first-order chi connectivity index (χ1) is 25.8. The fourth-order valence-electron chi connectivity index (χ4n) is 6.17. The largest absolute Gasteiger partial charge is 1.00 e. The van der Waals surface area contributed by atoms with Crippen molar-refractivity contribution in [3.05, 3.63) is 207 Å². The van der Waals surface area contributed by atoms with Crippen molar-refractivity contribution in [1.29, 1.82) is 0 Å². The van der Waals surface area contributed by atoms with Crippen molar-refractivity contribution in [1.82, 2.24) is 9.80 Å². The van der Waals surface area contributed by atoms with Crippen molar-refractivity contribution >= 4 is 47.7 Å². The Labute approximate surface area is 340 Å². The van der Waals surface area contributed by atoms with Gasteiger partial charge in [0.25, 0.3) is 0 Å². The summed E-state index contributed by atoms with van der Waals surface area (Å²) < 4.78 is 7.50. The Hall–Kier alpha value is -4.12. The minimum atomic E-state index is -0.446. The number of rotatable bonds is 8. The molecule has 0 bridgehead atoms. The Kier molecular flexibility index (Phi) is 19.4. The molecule has 0 aliphatic carbocycles. The van der Waals surface area contributed by atoms with Crippen LogP contribution < -0.4 is 31.8 Å². The predicted molar refractivity (Wildman–Crippen MR) is 231 cm³/mol. The van der Waals surface area contributed by atoms with Gasteiger partial charge in [-0.1, -0.05) is 195 Å². The predicted octanol–water partition coefficient (Wildman–Crippen LogP) is 9.29. The molecular weight excluding hydrogens is 784 g/mol. The number of allylic oxidation sites excluding steroid dienone is 2. The first-order valence-corrected chi connectivity index (χ1v) is 20.7. The zero-order valence-electron chi connectivity index (χ0n) is 31.9. The second-order valence-electron chi connectivity index (χ2n) is 12.9. The van der Waals surface area contributed by atoms with Crippen molar-refractivity contribution in [2.45, 2.75) is 46.7 Å². The summed E-state index contributed by atoms with van der Waals surface area (Å²) in [6.07, 6.45) is 0. The van der Waals surface area contributed by atoms with E-state index in [0.717, 1.165) is 6.67 Å². The van der Waals surface area contributed by atoms with E-state index in [1.165, 1.54) is 43.2 Å². The van der Waals surface area contributed by atoms with Gasteiger partial charge >= 0.3 is 30.8 Å². The average Bonchev–Trinajstić information content (AvgIpc) is 3.53. The summed E-state index contributed by atoms with van der Waals surface area (Å²) >= 11 is 0. The smallest absolute Gasteiger partial charge is 0.384 e. The van der Waals surface area contributed by atoms with Gasteiger partial charge in [0, 0.05) is 17.4 Å². The molecule has 0 fully saturated rings. The molecule has 6 aromatic carbocycles. The van der Waals surface area contributed by atoms with Crippen molar-refractivity contribution < 1.29 is 24.1 Å². The molecule has 277 valence electrons. The summed E-state index contributed by atoms with van der Waals surface area (Å²) in [7, 11) is -0.892. The van der Waals surface area contributed by atoms with Crippen LogP contribution in [-0.4, -0.2) is 28.6 Å². The molecule has 1 unspecified atom stereocenters. The maximum absolute atomic E-state index is 7.50. The molecule has 1 radical (unpaired) electrons. The van der Waals surface area contributed by atoms with Crippen LogP contribution in [0.5, 0.6) is 0 Å². The van der Waals surface area contributed by atoms with Gasteiger partial charge in [-0.25, -0.2) is 0 Å². The zero-order chi connectivity index (χ0) is 38.0. The SMILES string of the molecule is [C-]#[O+].[CH2-]C(C)N1CN(C(C)C)C(C)=C1C.[Ru+].c1ccc(P(c2ccccc2)c2ccccc2)cc1.c1ccc(P(c2ccccc2)c2ccccc2)cc1. The van der Waals surface area contributed by atoms with Crippen LogP contribution in [0.1, 0.15) is 34.6 Å². The van der Waals surface area contributed by atoms with E-state index in [0.29, 0.717) is 12.1 Å². The standard InChI is InChI=1S/2C18H15P.C11H21N2.CO.Ru/c2*1-4-10-16(11-5-1)19(17-12-6-2-7-13-17)18-14-8-3-9-15-18;1-8(2)12-7-13(9(3)4)11(6)10(12)5;1-2;/h2*1-15H;8-9H,1,7H2,2-6H3;;/q;;-1;;+1. The summed E-state index contributed by atoms with van der Waals surface area (Å²) in [5, 5.41) is 8.39. The molecule has 7 rings (SSSR count). The molecule has 0 saturated carbocycles. The fraction of sp³-hybridized carbons (Fsp3) is 0.167. The Bertz CT molecular complexity index is 1610. The monoisotopic (exact) mass is 835 g/mol. The first-order valence-electron chi connectivity index (χ1n) is 18.0. The second kappa shape index (κ2) is 23.6. The van der Waals surface area contributed by atoms with E-state index in [2.05, 4.69) is 240 Å². The van der Waals surface area contributed by atoms with Crippen molar-refractivity contribution in [3.63, 3.8) is 0 Å². The number of hydrogen-bond donors (Lipinski definition) is 0. The van der Waals surface area contributed by atoms with Crippen LogP contribution in [0.15, 0.2) is 193 Å². The van der Waals surface area contributed by atoms with E-state index in [4.69, 9.17) is 4.65 Å². The summed E-state index contributed by atoms with van der Waals surface area (Å²) in [4.78, 5) is 4.76. The van der Waals surface area contributed by atoms with Gasteiger partial charge in [-0.15, -0.1) is 0 Å². The fourth-order valence-corrected chi connectivity index (χ4v) is 10.8. The minimum absolute atomic E-state index is 0. The average molecular weight is 835 g/mol. The van der Waals surface area contributed by atoms with Crippen LogP contribution >= 0.6 is 15.8 Å². The van der Waals surface area contributed by atoms with Crippen molar-refractivity contribution in [3.8, 4) is 0 Å². The van der Waals surface area contributed by atoms with Crippen molar-refractivity contribution in [2.75, 3.05) is 6.67 Å². The van der Waals surface area contributed by atoms with Crippen LogP contribution in [0.3, 0.4) is 0 Å². The Balaban J connectivity index is 0.000000215. The molecule has 6 heteroatoms. The van der Waals surface area contributed by atoms with E-state index in [9.17, 15) is 0 Å². The van der Waals surface area contributed by atoms with Crippen LogP contribution in [0, 0.1) is 13.6 Å². The minimum Gasteiger partial charge on any atom is -0.384 e. The molecule has 1 aliphatic heterocycles. The maximum atomic E-state index is 7.50. The normalized spacial score (nSPS) is 12.4. The van der Waals surface area contributed by atoms with Crippen LogP contribution in [0.25, 0.3) is 0 Å². The second-order valence-corrected chi connectivity index (χ2v) is 17.3. The van der Waals surface area contributed by atoms with Gasteiger partial charge in [0.1, 0.15) is 0 Å². The van der Waals surface area contributed by atoms with Crippen LogP contribution in [0.2, 0.25) is 0 Å². The van der Waals surface area contributed by atoms with Gasteiger partial charge in [-0.3, -0.25) is 0 Å². The molecule has 1 atom stereocenters. The van der Waals surface area contributed by atoms with Gasteiger partial charge < -0.3 is 16.7 Å². The maximum Gasteiger partial charge on any atom is 1.00 e. The molecule has 1 aliphatic rings. The third-order valence-electron chi connectivity index (χ3n) is 8.93. The van der Waals surface area contributed by atoms with E-state index in [-0.39, 0.29) is 19.5 Å². The summed E-state index contributed by atoms with van der Waals surface area (Å²) in [6.45, 7) is 20.5. The van der Waals surface area contributed by atoms with Crippen LogP contribution in [0.4, 0.5) is 0 Å². The summed E-state index contributed by atoms with van der Waals surface area (Å²) in [6, 6.07) is 65.6. The molecule has 0 N–H and O–H groups in total. The van der Waals surface area contributed by atoms with E-state index < -0.39 is 15.8 Å². The molecule has 0 spiro atoms. The summed E-state index contributed by atoms with van der Waals surface area (Å²) in [5.74, 6) is 0. The molecule has 1 heterocycles. The number of benzene rings is 6. The Morgan fingerprint density at radius 2 is 0.648 bits per heavy atom. The first kappa shape index (κ1) is 44.3. The Morgan fingerprint density at radius 3 is 0.796 bits per heavy atom. The Morgan fingerprint density at radius 1 is 0.444 bits per heavy atom. The van der Waals surface area contributed by atoms with Gasteiger partial charge in [-0.05, 0) is 75.4 Å². The number of nitrogens with zero attached hydrogens (tertiary/aromatic N) is 2. The van der Waals surface area contributed by atoms with Crippen molar-refractivity contribution in [2.24, 2.45) is 0 Å². The molecular formula is C48H51N2OP2Ru. The molecule has 54 heavy (non-hydrogen) atoms. The summed E-state index contributed by atoms with van der Waals surface area (Å²) in [5.41, 5.74) is 2.77. The molecule has 0 aromatic heterocycles. The molecule has 3 nitrogen and oxygen atoms in total. The third kappa shape index (κ3) is 12.5. The van der Waals surface area contributed by atoms with Gasteiger partial charge in [0.05, 0.1) is 6.67 Å². The molecule has 0 amide bonds. The van der Waals surface area contributed by atoms with Gasteiger partial charge in [0.2, 0.25) is 0 Å². The van der Waals surface area contributed by atoms with Gasteiger partial charge in [-0.2, -0.15) is 0 Å². The third-order valence-corrected chi connectivity index (χ3v) is 13.8. The van der Waals surface area contributed by atoms with Gasteiger partial charge in [0.15, 0.2) is 0 Å². The van der Waals surface area contributed by atoms with Crippen LogP contribution in [-0.2, 0) is 24.1 Å². The quantitative estimate of drug-likeness (QED) is 0.0662. The van der Waals surface area contributed by atoms with E-state index >= 15 is 0 Å². The molecule has 6 aromatic rings. The molecule has 0 saturated heterocycles.